The molecule has 2 aromatic heterocycles. The summed E-state index contributed by atoms with van der Waals surface area (Å²) in [5.41, 5.74) is 6.40. The molecule has 0 fully saturated rings. The van der Waals surface area contributed by atoms with Gasteiger partial charge in [0, 0.05) is 24.1 Å². The van der Waals surface area contributed by atoms with Crippen LogP contribution in [0.3, 0.4) is 0 Å². The number of thiazole rings is 1. The zero-order valence-corrected chi connectivity index (χ0v) is 11.2. The largest absolute Gasteiger partial charge is 0.437 e. The first-order valence-electron chi connectivity index (χ1n) is 5.96. The van der Waals surface area contributed by atoms with Crippen LogP contribution in [0.4, 0.5) is 8.78 Å². The van der Waals surface area contributed by atoms with Crippen molar-refractivity contribution in [2.75, 3.05) is 6.54 Å². The Morgan fingerprint density at radius 2 is 2.15 bits per heavy atom. The van der Waals surface area contributed by atoms with Crippen molar-refractivity contribution in [3.05, 3.63) is 47.1 Å². The molecular weight excluding hydrogens is 284 g/mol. The number of halogens is 2. The zero-order valence-electron chi connectivity index (χ0n) is 10.3. The fourth-order valence-corrected chi connectivity index (χ4v) is 2.64. The highest BCUT2D eigenvalue weighted by Gasteiger charge is 2.15. The second kappa shape index (κ2) is 5.18. The first kappa shape index (κ1) is 13.0. The SMILES string of the molecule is NCCc1c(Oc2ccc(F)c(F)c2)nc2sccn12. The molecule has 0 aliphatic rings. The van der Waals surface area contributed by atoms with Gasteiger partial charge in [-0.2, -0.15) is 4.98 Å². The number of fused-ring (bicyclic) bond motifs is 1. The first-order valence-corrected chi connectivity index (χ1v) is 6.84. The van der Waals surface area contributed by atoms with Crippen molar-refractivity contribution in [2.24, 2.45) is 5.73 Å². The Morgan fingerprint density at radius 1 is 1.30 bits per heavy atom. The van der Waals surface area contributed by atoms with Gasteiger partial charge in [-0.05, 0) is 18.7 Å². The summed E-state index contributed by atoms with van der Waals surface area (Å²) in [5.74, 6) is -1.30. The highest BCUT2D eigenvalue weighted by atomic mass is 32.1. The van der Waals surface area contributed by atoms with Crippen LogP contribution in [-0.4, -0.2) is 15.9 Å². The molecule has 0 amide bonds. The molecule has 3 aromatic rings. The molecule has 0 aliphatic heterocycles. The molecule has 0 saturated heterocycles. The number of imidazole rings is 1. The summed E-state index contributed by atoms with van der Waals surface area (Å²) in [4.78, 5) is 5.10. The van der Waals surface area contributed by atoms with Gasteiger partial charge in [0.15, 0.2) is 16.6 Å². The molecule has 0 unspecified atom stereocenters. The number of nitrogens with zero attached hydrogens (tertiary/aromatic N) is 2. The lowest BCUT2D eigenvalue weighted by Gasteiger charge is -2.05. The van der Waals surface area contributed by atoms with Crippen LogP contribution >= 0.6 is 11.3 Å². The number of ether oxygens (including phenoxy) is 1. The van der Waals surface area contributed by atoms with Gasteiger partial charge >= 0.3 is 0 Å². The van der Waals surface area contributed by atoms with Gasteiger partial charge in [-0.25, -0.2) is 8.78 Å². The van der Waals surface area contributed by atoms with E-state index in [9.17, 15) is 8.78 Å². The molecule has 0 bridgehead atoms. The van der Waals surface area contributed by atoms with Gasteiger partial charge in [0.2, 0.25) is 5.88 Å². The molecule has 2 heterocycles. The monoisotopic (exact) mass is 295 g/mol. The average Bonchev–Trinajstić information content (AvgIpc) is 2.98. The van der Waals surface area contributed by atoms with Gasteiger partial charge in [0.1, 0.15) is 5.75 Å². The normalized spacial score (nSPS) is 11.2. The van der Waals surface area contributed by atoms with E-state index in [-0.39, 0.29) is 5.75 Å². The Kier molecular flexibility index (Phi) is 3.37. The highest BCUT2D eigenvalue weighted by molar-refractivity contribution is 7.15. The third-order valence-electron chi connectivity index (χ3n) is 2.81. The highest BCUT2D eigenvalue weighted by Crippen LogP contribution is 2.28. The molecule has 2 N–H and O–H groups in total. The van der Waals surface area contributed by atoms with E-state index in [2.05, 4.69) is 4.98 Å². The quantitative estimate of drug-likeness (QED) is 0.805. The predicted molar refractivity (Wildman–Crippen MR) is 72.3 cm³/mol. The van der Waals surface area contributed by atoms with E-state index >= 15 is 0 Å². The molecule has 0 spiro atoms. The van der Waals surface area contributed by atoms with Crippen molar-refractivity contribution >= 4 is 16.3 Å². The van der Waals surface area contributed by atoms with Crippen LogP contribution in [0.2, 0.25) is 0 Å². The predicted octanol–water partition coefficient (Wildman–Crippen LogP) is 2.97. The smallest absolute Gasteiger partial charge is 0.242 e. The molecule has 20 heavy (non-hydrogen) atoms. The molecule has 0 atom stereocenters. The lowest BCUT2D eigenvalue weighted by Crippen LogP contribution is -2.05. The van der Waals surface area contributed by atoms with E-state index in [1.54, 1.807) is 0 Å². The van der Waals surface area contributed by atoms with Gasteiger partial charge in [0.05, 0.1) is 5.69 Å². The zero-order chi connectivity index (χ0) is 14.1. The van der Waals surface area contributed by atoms with E-state index in [0.717, 1.165) is 22.8 Å². The Hall–Kier alpha value is -1.99. The second-order valence-corrected chi connectivity index (χ2v) is 5.01. The Balaban J connectivity index is 1.98. The maximum absolute atomic E-state index is 13.2. The van der Waals surface area contributed by atoms with E-state index in [0.29, 0.717) is 18.8 Å². The summed E-state index contributed by atoms with van der Waals surface area (Å²) in [5, 5.41) is 1.91. The van der Waals surface area contributed by atoms with Crippen LogP contribution in [0.15, 0.2) is 29.8 Å². The summed E-state index contributed by atoms with van der Waals surface area (Å²) in [6, 6.07) is 3.37. The fourth-order valence-electron chi connectivity index (χ4n) is 1.91. The minimum atomic E-state index is -0.955. The van der Waals surface area contributed by atoms with Crippen molar-refractivity contribution in [2.45, 2.75) is 6.42 Å². The van der Waals surface area contributed by atoms with Gasteiger partial charge in [0.25, 0.3) is 0 Å². The maximum atomic E-state index is 13.2. The molecule has 0 saturated carbocycles. The van der Waals surface area contributed by atoms with Crippen LogP contribution < -0.4 is 10.5 Å². The molecule has 0 aliphatic carbocycles. The summed E-state index contributed by atoms with van der Waals surface area (Å²) < 4.78 is 33.5. The fraction of sp³-hybridized carbons (Fsp3) is 0.154. The van der Waals surface area contributed by atoms with Gasteiger partial charge in [-0.15, -0.1) is 11.3 Å². The third kappa shape index (κ3) is 2.25. The van der Waals surface area contributed by atoms with Crippen molar-refractivity contribution in [1.29, 1.82) is 0 Å². The number of benzene rings is 1. The van der Waals surface area contributed by atoms with E-state index in [1.165, 1.54) is 17.4 Å². The van der Waals surface area contributed by atoms with Crippen molar-refractivity contribution in [3.63, 3.8) is 0 Å². The average molecular weight is 295 g/mol. The summed E-state index contributed by atoms with van der Waals surface area (Å²) in [6.45, 7) is 0.442. The maximum Gasteiger partial charge on any atom is 0.242 e. The lowest BCUT2D eigenvalue weighted by atomic mass is 10.3. The van der Waals surface area contributed by atoms with Crippen LogP contribution in [0.5, 0.6) is 11.6 Å². The van der Waals surface area contributed by atoms with Gasteiger partial charge < -0.3 is 10.5 Å². The third-order valence-corrected chi connectivity index (χ3v) is 3.57. The van der Waals surface area contributed by atoms with Crippen molar-refractivity contribution < 1.29 is 13.5 Å². The molecule has 104 valence electrons. The van der Waals surface area contributed by atoms with Crippen LogP contribution in [0.25, 0.3) is 4.96 Å². The van der Waals surface area contributed by atoms with Crippen LogP contribution in [0, 0.1) is 11.6 Å². The number of nitrogens with two attached hydrogens (primary N) is 1. The molecular formula is C13H11F2N3OS. The molecule has 4 nitrogen and oxygen atoms in total. The van der Waals surface area contributed by atoms with E-state index in [4.69, 9.17) is 10.5 Å². The lowest BCUT2D eigenvalue weighted by molar-refractivity contribution is 0.445. The number of aromatic nitrogens is 2. The number of hydrogen-bond donors (Lipinski definition) is 1. The first-order chi connectivity index (χ1) is 9.69. The summed E-state index contributed by atoms with van der Waals surface area (Å²) in [6.07, 6.45) is 2.45. The molecule has 0 radical (unpaired) electrons. The van der Waals surface area contributed by atoms with Crippen molar-refractivity contribution in [1.82, 2.24) is 9.38 Å². The Morgan fingerprint density at radius 3 is 2.90 bits per heavy atom. The van der Waals surface area contributed by atoms with E-state index in [1.807, 2.05) is 16.0 Å². The molecule has 3 rings (SSSR count). The number of hydrogen-bond acceptors (Lipinski definition) is 4. The molecule has 1 aromatic carbocycles. The Labute approximate surface area is 117 Å². The Bertz CT molecular complexity index is 753. The molecule has 7 heteroatoms. The minimum Gasteiger partial charge on any atom is -0.437 e. The van der Waals surface area contributed by atoms with Crippen LogP contribution in [0.1, 0.15) is 5.69 Å². The second-order valence-electron chi connectivity index (χ2n) is 4.14. The van der Waals surface area contributed by atoms with Crippen LogP contribution in [-0.2, 0) is 6.42 Å². The van der Waals surface area contributed by atoms with Gasteiger partial charge in [-0.3, -0.25) is 4.40 Å². The van der Waals surface area contributed by atoms with Crippen molar-refractivity contribution in [3.8, 4) is 11.6 Å². The van der Waals surface area contributed by atoms with Gasteiger partial charge in [-0.1, -0.05) is 0 Å². The number of rotatable bonds is 4. The minimum absolute atomic E-state index is 0.202. The van der Waals surface area contributed by atoms with E-state index < -0.39 is 11.6 Å². The summed E-state index contributed by atoms with van der Waals surface area (Å²) >= 11 is 1.46. The standard InChI is InChI=1S/C13H11F2N3OS/c14-9-2-1-8(7-10(9)15)19-12-11(3-4-16)18-5-6-20-13(18)17-12/h1-2,5-7H,3-4,16H2. The summed E-state index contributed by atoms with van der Waals surface area (Å²) in [7, 11) is 0. The topological polar surface area (TPSA) is 52.5 Å².